The van der Waals surface area contributed by atoms with E-state index in [-0.39, 0.29) is 22.8 Å². The smallest absolute Gasteiger partial charge is 0.270 e. The Labute approximate surface area is 251 Å². The Balaban J connectivity index is 1.69. The van der Waals surface area contributed by atoms with Crippen LogP contribution < -0.4 is 15.4 Å². The minimum Gasteiger partial charge on any atom is -0.368 e. The first-order valence-electron chi connectivity index (χ1n) is 14.4. The van der Waals surface area contributed by atoms with Crippen molar-refractivity contribution in [3.63, 3.8) is 0 Å². The molecule has 1 amide bonds. The molecule has 2 saturated heterocycles. The molecular formula is C31H38FN5O2S2. The molecule has 218 valence electrons. The van der Waals surface area contributed by atoms with E-state index in [2.05, 4.69) is 29.7 Å². The van der Waals surface area contributed by atoms with Crippen LogP contribution in [0.3, 0.4) is 0 Å². The molecule has 2 aliphatic rings. The predicted octanol–water partition coefficient (Wildman–Crippen LogP) is 5.93. The van der Waals surface area contributed by atoms with Gasteiger partial charge < -0.3 is 9.80 Å². The van der Waals surface area contributed by atoms with Crippen molar-refractivity contribution in [2.45, 2.75) is 59.9 Å². The second-order valence-electron chi connectivity index (χ2n) is 10.6. The fourth-order valence-electron chi connectivity index (χ4n) is 5.57. The summed E-state index contributed by atoms with van der Waals surface area (Å²) in [7, 11) is 0. The molecule has 0 aliphatic carbocycles. The Morgan fingerprint density at radius 1 is 1.10 bits per heavy atom. The highest BCUT2D eigenvalue weighted by molar-refractivity contribution is 8.26. The van der Waals surface area contributed by atoms with Gasteiger partial charge >= 0.3 is 0 Å². The van der Waals surface area contributed by atoms with Crippen LogP contribution in [-0.4, -0.2) is 52.4 Å². The summed E-state index contributed by atoms with van der Waals surface area (Å²) in [6, 6.07) is 8.57. The van der Waals surface area contributed by atoms with E-state index >= 15 is 0 Å². The number of carbonyl (C=O) groups excluding carboxylic acids is 1. The van der Waals surface area contributed by atoms with Crippen LogP contribution in [0.5, 0.6) is 0 Å². The van der Waals surface area contributed by atoms with Gasteiger partial charge in [-0.25, -0.2) is 4.39 Å². The highest BCUT2D eigenvalue weighted by atomic mass is 32.2. The van der Waals surface area contributed by atoms with Crippen LogP contribution in [0.2, 0.25) is 0 Å². The van der Waals surface area contributed by atoms with Gasteiger partial charge in [0.1, 0.15) is 27.6 Å². The summed E-state index contributed by atoms with van der Waals surface area (Å²) in [6.45, 7) is 11.6. The Morgan fingerprint density at radius 2 is 1.76 bits per heavy atom. The lowest BCUT2D eigenvalue weighted by Gasteiger charge is -2.39. The molecule has 4 rings (SSSR count). The van der Waals surface area contributed by atoms with Crippen molar-refractivity contribution in [1.82, 2.24) is 9.47 Å². The van der Waals surface area contributed by atoms with Crippen LogP contribution in [0.4, 0.5) is 15.9 Å². The first-order chi connectivity index (χ1) is 19.7. The van der Waals surface area contributed by atoms with Gasteiger partial charge in [0.2, 0.25) is 0 Å². The number of hydrogen-bond donors (Lipinski definition) is 0. The lowest BCUT2D eigenvalue weighted by atomic mass is 9.99. The molecule has 0 N–H and O–H groups in total. The summed E-state index contributed by atoms with van der Waals surface area (Å²) in [6.07, 6.45) is 6.11. The van der Waals surface area contributed by atoms with Crippen molar-refractivity contribution >= 4 is 51.8 Å². The maximum Gasteiger partial charge on any atom is 0.270 e. The minimum atomic E-state index is -0.324. The number of anilines is 2. The largest absolute Gasteiger partial charge is 0.368 e. The van der Waals surface area contributed by atoms with Gasteiger partial charge in [-0.1, -0.05) is 57.1 Å². The number of benzene rings is 1. The summed E-state index contributed by atoms with van der Waals surface area (Å²) < 4.78 is 15.6. The van der Waals surface area contributed by atoms with Crippen molar-refractivity contribution < 1.29 is 9.18 Å². The number of amides is 1. The van der Waals surface area contributed by atoms with Crippen LogP contribution in [0, 0.1) is 30.0 Å². The summed E-state index contributed by atoms with van der Waals surface area (Å²) in [4.78, 5) is 33.6. The van der Waals surface area contributed by atoms with E-state index in [9.17, 15) is 19.2 Å². The molecule has 41 heavy (non-hydrogen) atoms. The maximum absolute atomic E-state index is 13.6. The SMILES string of the molecule is CCCCC(CC)CN1C(=O)/C(=C/c2c(C)c(C#N)c(=O)n(CC)c2N2CCN(c3ccc(F)cc3)CC2)SC1=S. The molecular weight excluding hydrogens is 558 g/mol. The molecule has 2 aliphatic heterocycles. The molecule has 1 unspecified atom stereocenters. The quantitative estimate of drug-likeness (QED) is 0.249. The summed E-state index contributed by atoms with van der Waals surface area (Å²) in [5.41, 5.74) is 1.99. The van der Waals surface area contributed by atoms with Gasteiger partial charge in [0, 0.05) is 50.5 Å². The van der Waals surface area contributed by atoms with Crippen LogP contribution in [0.25, 0.3) is 6.08 Å². The average Bonchev–Trinajstić information content (AvgIpc) is 3.24. The summed E-state index contributed by atoms with van der Waals surface area (Å²) >= 11 is 6.93. The number of nitrogens with zero attached hydrogens (tertiary/aromatic N) is 5. The predicted molar refractivity (Wildman–Crippen MR) is 170 cm³/mol. The Hall–Kier alpha value is -3.16. The van der Waals surface area contributed by atoms with Gasteiger partial charge in [-0.3, -0.25) is 19.1 Å². The number of pyridine rings is 1. The molecule has 2 aromatic rings. The Bertz CT molecular complexity index is 1420. The minimum absolute atomic E-state index is 0.0906. The standard InChI is InChI=1S/C31H38FN5O2S2/c1-5-8-9-22(6-2)20-37-30(39)27(41-31(37)40)18-25-21(4)26(19-33)29(38)36(7-3)28(25)35-16-14-34(15-17-35)24-12-10-23(32)11-13-24/h10-13,18,22H,5-9,14-17,20H2,1-4H3/b27-18-. The molecule has 2 fully saturated rings. The van der Waals surface area contributed by atoms with Gasteiger partial charge in [0.15, 0.2) is 0 Å². The highest BCUT2D eigenvalue weighted by Gasteiger charge is 2.34. The van der Waals surface area contributed by atoms with E-state index in [1.165, 1.54) is 23.9 Å². The van der Waals surface area contributed by atoms with Gasteiger partial charge in [-0.2, -0.15) is 5.26 Å². The molecule has 1 aromatic heterocycles. The number of unbranched alkanes of at least 4 members (excludes halogenated alkanes) is 1. The number of rotatable bonds is 10. The third kappa shape index (κ3) is 6.52. The molecule has 1 aromatic carbocycles. The van der Waals surface area contributed by atoms with Crippen molar-refractivity contribution in [1.29, 1.82) is 5.26 Å². The van der Waals surface area contributed by atoms with Crippen LogP contribution in [0.15, 0.2) is 34.0 Å². The average molecular weight is 596 g/mol. The third-order valence-electron chi connectivity index (χ3n) is 8.07. The maximum atomic E-state index is 13.6. The van der Waals surface area contributed by atoms with Gasteiger partial charge in [-0.15, -0.1) is 0 Å². The van der Waals surface area contributed by atoms with Crippen molar-refractivity contribution in [3.05, 3.63) is 62.0 Å². The molecule has 10 heteroatoms. The number of nitriles is 1. The first-order valence-corrected chi connectivity index (χ1v) is 15.6. The van der Waals surface area contributed by atoms with Crippen molar-refractivity contribution in [2.24, 2.45) is 5.92 Å². The Morgan fingerprint density at radius 3 is 2.34 bits per heavy atom. The lowest BCUT2D eigenvalue weighted by Crippen LogP contribution is -2.48. The summed E-state index contributed by atoms with van der Waals surface area (Å²) in [5, 5.41) is 9.89. The number of hydrogen-bond acceptors (Lipinski definition) is 7. The number of thioether (sulfide) groups is 1. The van der Waals surface area contributed by atoms with E-state index < -0.39 is 0 Å². The number of carbonyl (C=O) groups is 1. The van der Waals surface area contributed by atoms with Crippen LogP contribution in [-0.2, 0) is 11.3 Å². The first kappa shape index (κ1) is 30.8. The van der Waals surface area contributed by atoms with Crippen LogP contribution in [0.1, 0.15) is 63.1 Å². The normalized spacial score (nSPS) is 17.5. The van der Waals surface area contributed by atoms with E-state index in [0.29, 0.717) is 71.4 Å². The molecule has 0 radical (unpaired) electrons. The molecule has 3 heterocycles. The van der Waals surface area contributed by atoms with Gasteiger partial charge in [-0.05, 0) is 62.1 Å². The van der Waals surface area contributed by atoms with E-state index in [0.717, 1.165) is 31.4 Å². The van der Waals surface area contributed by atoms with Crippen molar-refractivity contribution in [2.75, 3.05) is 42.5 Å². The highest BCUT2D eigenvalue weighted by Crippen LogP contribution is 2.37. The number of aromatic nitrogens is 1. The fourth-order valence-corrected chi connectivity index (χ4v) is 6.83. The zero-order valence-electron chi connectivity index (χ0n) is 24.3. The van der Waals surface area contributed by atoms with E-state index in [1.807, 2.05) is 13.0 Å². The second kappa shape index (κ2) is 13.7. The fraction of sp³-hybridized carbons (Fsp3) is 0.484. The zero-order valence-corrected chi connectivity index (χ0v) is 25.9. The van der Waals surface area contributed by atoms with Gasteiger partial charge in [0.25, 0.3) is 11.5 Å². The summed E-state index contributed by atoms with van der Waals surface area (Å²) in [5.74, 6) is 0.717. The molecule has 1 atom stereocenters. The zero-order chi connectivity index (χ0) is 29.7. The van der Waals surface area contributed by atoms with E-state index in [1.54, 1.807) is 28.5 Å². The van der Waals surface area contributed by atoms with Crippen molar-refractivity contribution in [3.8, 4) is 6.07 Å². The number of halogens is 1. The third-order valence-corrected chi connectivity index (χ3v) is 9.44. The topological polar surface area (TPSA) is 72.6 Å². The molecule has 0 saturated carbocycles. The second-order valence-corrected chi connectivity index (χ2v) is 12.2. The molecule has 7 nitrogen and oxygen atoms in total. The molecule has 0 spiro atoms. The Kier molecular flexibility index (Phi) is 10.3. The van der Waals surface area contributed by atoms with E-state index in [4.69, 9.17) is 12.2 Å². The number of piperazine rings is 1. The monoisotopic (exact) mass is 595 g/mol. The lowest BCUT2D eigenvalue weighted by molar-refractivity contribution is -0.122. The number of thiocarbonyl (C=S) groups is 1. The molecule has 0 bridgehead atoms. The van der Waals surface area contributed by atoms with Crippen LogP contribution >= 0.6 is 24.0 Å². The van der Waals surface area contributed by atoms with Gasteiger partial charge in [0.05, 0.1) is 4.91 Å².